The van der Waals surface area contributed by atoms with Crippen molar-refractivity contribution in [3.63, 3.8) is 0 Å². The van der Waals surface area contributed by atoms with Gasteiger partial charge in [0.2, 0.25) is 0 Å². The van der Waals surface area contributed by atoms with Gasteiger partial charge in [0, 0.05) is 19.6 Å². The molecule has 4 nitrogen and oxygen atoms in total. The van der Waals surface area contributed by atoms with Crippen LogP contribution in [0.4, 0.5) is 0 Å². The summed E-state index contributed by atoms with van der Waals surface area (Å²) in [5, 5.41) is 3.11. The smallest absolute Gasteiger partial charge is 0.337 e. The van der Waals surface area contributed by atoms with Crippen LogP contribution in [0.3, 0.4) is 0 Å². The summed E-state index contributed by atoms with van der Waals surface area (Å²) in [6, 6.07) is 7.54. The normalized spacial score (nSPS) is 10.6. The molecule has 0 amide bonds. The fourth-order valence-electron chi connectivity index (χ4n) is 1.61. The van der Waals surface area contributed by atoms with E-state index >= 15 is 0 Å². The van der Waals surface area contributed by atoms with Crippen molar-refractivity contribution in [2.75, 3.05) is 34.3 Å². The summed E-state index contributed by atoms with van der Waals surface area (Å²) in [6.07, 6.45) is 0. The molecule has 1 rings (SSSR count). The fourth-order valence-corrected chi connectivity index (χ4v) is 1.61. The predicted molar refractivity (Wildman–Crippen MR) is 68.0 cm³/mol. The number of hydrogen-bond donors (Lipinski definition) is 1. The molecule has 0 aromatic heterocycles. The Morgan fingerprint density at radius 3 is 2.88 bits per heavy atom. The molecule has 0 saturated heterocycles. The van der Waals surface area contributed by atoms with Crippen LogP contribution in [0.2, 0.25) is 0 Å². The molecule has 4 heteroatoms. The Morgan fingerprint density at radius 2 is 2.24 bits per heavy atom. The van der Waals surface area contributed by atoms with Crippen LogP contribution in [0.5, 0.6) is 0 Å². The Balaban J connectivity index is 2.62. The van der Waals surface area contributed by atoms with E-state index in [4.69, 9.17) is 4.74 Å². The molecule has 0 aliphatic rings. The first kappa shape index (κ1) is 13.7. The van der Waals surface area contributed by atoms with Gasteiger partial charge in [-0.15, -0.1) is 0 Å². The summed E-state index contributed by atoms with van der Waals surface area (Å²) in [5.74, 6) is -0.287. The number of hydrogen-bond acceptors (Lipinski definition) is 4. The van der Waals surface area contributed by atoms with Gasteiger partial charge in [-0.1, -0.05) is 12.1 Å². The second-order valence-electron chi connectivity index (χ2n) is 4.03. The van der Waals surface area contributed by atoms with Crippen molar-refractivity contribution < 1.29 is 9.53 Å². The van der Waals surface area contributed by atoms with Crippen LogP contribution in [-0.4, -0.2) is 45.2 Å². The van der Waals surface area contributed by atoms with Crippen LogP contribution in [0.25, 0.3) is 0 Å². The summed E-state index contributed by atoms with van der Waals surface area (Å²) in [6.45, 7) is 2.75. The molecule has 0 bridgehead atoms. The van der Waals surface area contributed by atoms with Crippen molar-refractivity contribution in [1.29, 1.82) is 0 Å². The number of ether oxygens (including phenoxy) is 1. The van der Waals surface area contributed by atoms with E-state index in [1.54, 1.807) is 6.07 Å². The quantitative estimate of drug-likeness (QED) is 0.752. The Morgan fingerprint density at radius 1 is 1.47 bits per heavy atom. The number of carbonyl (C=O) groups excluding carboxylic acids is 1. The number of carbonyl (C=O) groups is 1. The largest absolute Gasteiger partial charge is 0.465 e. The molecule has 94 valence electrons. The van der Waals surface area contributed by atoms with Crippen LogP contribution in [0, 0.1) is 0 Å². The molecule has 1 N–H and O–H groups in total. The number of methoxy groups -OCH3 is 1. The minimum Gasteiger partial charge on any atom is -0.465 e. The molecular weight excluding hydrogens is 216 g/mol. The first-order valence-electron chi connectivity index (χ1n) is 5.67. The molecule has 0 spiro atoms. The second kappa shape index (κ2) is 7.04. The van der Waals surface area contributed by atoms with Gasteiger partial charge in [-0.05, 0) is 31.8 Å². The van der Waals surface area contributed by atoms with Gasteiger partial charge in [0.15, 0.2) is 0 Å². The van der Waals surface area contributed by atoms with Gasteiger partial charge in [0.05, 0.1) is 12.7 Å². The lowest BCUT2D eigenvalue weighted by Gasteiger charge is -2.16. The molecule has 0 atom stereocenters. The van der Waals surface area contributed by atoms with Crippen LogP contribution < -0.4 is 5.32 Å². The van der Waals surface area contributed by atoms with Gasteiger partial charge < -0.3 is 15.0 Å². The first-order chi connectivity index (χ1) is 8.17. The fraction of sp³-hybridized carbons (Fsp3) is 0.462. The summed E-state index contributed by atoms with van der Waals surface area (Å²) < 4.78 is 4.70. The maximum Gasteiger partial charge on any atom is 0.337 e. The number of nitrogens with zero attached hydrogens (tertiary/aromatic N) is 1. The topological polar surface area (TPSA) is 41.6 Å². The lowest BCUT2D eigenvalue weighted by Crippen LogP contribution is -2.27. The van der Waals surface area contributed by atoms with Gasteiger partial charge in [0.1, 0.15) is 0 Å². The summed E-state index contributed by atoms with van der Waals surface area (Å²) in [5.41, 5.74) is 1.72. The van der Waals surface area contributed by atoms with E-state index < -0.39 is 0 Å². The van der Waals surface area contributed by atoms with E-state index in [1.807, 2.05) is 25.2 Å². The summed E-state index contributed by atoms with van der Waals surface area (Å²) >= 11 is 0. The van der Waals surface area contributed by atoms with Gasteiger partial charge in [-0.2, -0.15) is 0 Å². The maximum absolute atomic E-state index is 11.4. The predicted octanol–water partition coefficient (Wildman–Crippen LogP) is 1.12. The highest BCUT2D eigenvalue weighted by Gasteiger charge is 2.06. The highest BCUT2D eigenvalue weighted by Crippen LogP contribution is 2.08. The lowest BCUT2D eigenvalue weighted by atomic mass is 10.1. The van der Waals surface area contributed by atoms with E-state index in [9.17, 15) is 4.79 Å². The van der Waals surface area contributed by atoms with Crippen LogP contribution in [0.1, 0.15) is 15.9 Å². The van der Waals surface area contributed by atoms with Crippen molar-refractivity contribution in [2.24, 2.45) is 0 Å². The monoisotopic (exact) mass is 236 g/mol. The molecule has 0 aliphatic heterocycles. The van der Waals surface area contributed by atoms with Gasteiger partial charge in [0.25, 0.3) is 0 Å². The highest BCUT2D eigenvalue weighted by atomic mass is 16.5. The molecule has 1 aromatic carbocycles. The van der Waals surface area contributed by atoms with Gasteiger partial charge in [-0.3, -0.25) is 0 Å². The number of nitrogens with one attached hydrogen (secondary N) is 1. The van der Waals surface area contributed by atoms with E-state index in [-0.39, 0.29) is 5.97 Å². The molecule has 0 saturated carbocycles. The van der Waals surface area contributed by atoms with Crippen LogP contribution in [0.15, 0.2) is 24.3 Å². The van der Waals surface area contributed by atoms with Gasteiger partial charge in [-0.25, -0.2) is 4.79 Å². The third-order valence-corrected chi connectivity index (χ3v) is 2.54. The zero-order valence-electron chi connectivity index (χ0n) is 10.7. The number of esters is 1. The Bertz CT molecular complexity index is 366. The van der Waals surface area contributed by atoms with E-state index in [2.05, 4.69) is 17.3 Å². The molecule has 0 heterocycles. The second-order valence-corrected chi connectivity index (χ2v) is 4.03. The molecule has 0 fully saturated rings. The Kier molecular flexibility index (Phi) is 5.66. The standard InChI is InChI=1S/C13H20N2O2/c1-14-7-8-15(2)10-11-5-4-6-12(9-11)13(16)17-3/h4-6,9,14H,7-8,10H2,1-3H3. The van der Waals surface area contributed by atoms with E-state index in [0.717, 1.165) is 25.2 Å². The minimum absolute atomic E-state index is 0.287. The number of benzene rings is 1. The molecule has 1 aromatic rings. The third-order valence-electron chi connectivity index (χ3n) is 2.54. The minimum atomic E-state index is -0.287. The average Bonchev–Trinajstić information content (AvgIpc) is 2.35. The van der Waals surface area contributed by atoms with E-state index in [1.165, 1.54) is 7.11 Å². The molecule has 0 aliphatic carbocycles. The number of likely N-dealkylation sites (N-methyl/N-ethyl adjacent to an activating group) is 2. The van der Waals surface area contributed by atoms with Crippen molar-refractivity contribution in [2.45, 2.75) is 6.54 Å². The third kappa shape index (κ3) is 4.54. The molecule has 0 radical (unpaired) electrons. The Labute approximate surface area is 103 Å². The van der Waals surface area contributed by atoms with Crippen molar-refractivity contribution in [3.05, 3.63) is 35.4 Å². The summed E-state index contributed by atoms with van der Waals surface area (Å²) in [7, 11) is 5.39. The molecule has 17 heavy (non-hydrogen) atoms. The number of rotatable bonds is 6. The highest BCUT2D eigenvalue weighted by molar-refractivity contribution is 5.89. The van der Waals surface area contributed by atoms with Crippen LogP contribution in [-0.2, 0) is 11.3 Å². The average molecular weight is 236 g/mol. The van der Waals surface area contributed by atoms with E-state index in [0.29, 0.717) is 5.56 Å². The zero-order valence-corrected chi connectivity index (χ0v) is 10.7. The van der Waals surface area contributed by atoms with Crippen molar-refractivity contribution in [3.8, 4) is 0 Å². The summed E-state index contributed by atoms with van der Waals surface area (Å²) in [4.78, 5) is 13.6. The first-order valence-corrected chi connectivity index (χ1v) is 5.67. The van der Waals surface area contributed by atoms with Gasteiger partial charge >= 0.3 is 5.97 Å². The van der Waals surface area contributed by atoms with Crippen molar-refractivity contribution in [1.82, 2.24) is 10.2 Å². The van der Waals surface area contributed by atoms with Crippen LogP contribution >= 0.6 is 0 Å². The zero-order chi connectivity index (χ0) is 12.7. The SMILES string of the molecule is CNCCN(C)Cc1cccc(C(=O)OC)c1. The Hall–Kier alpha value is -1.39. The van der Waals surface area contributed by atoms with Crippen molar-refractivity contribution >= 4 is 5.97 Å². The lowest BCUT2D eigenvalue weighted by molar-refractivity contribution is 0.0600. The molecular formula is C13H20N2O2. The maximum atomic E-state index is 11.4. The molecule has 0 unspecified atom stereocenters.